The number of hydrogen-bond donors (Lipinski definition) is 1. The quantitative estimate of drug-likeness (QED) is 0.830. The first-order chi connectivity index (χ1) is 11.9. The molecule has 130 valence electrons. The monoisotopic (exact) mass is 376 g/mol. The largest absolute Gasteiger partial charge is 0.321 e. The van der Waals surface area contributed by atoms with Gasteiger partial charge in [0.25, 0.3) is 11.1 Å². The summed E-state index contributed by atoms with van der Waals surface area (Å²) in [4.78, 5) is 38.9. The highest BCUT2D eigenvalue weighted by Crippen LogP contribution is 2.32. The lowest BCUT2D eigenvalue weighted by Crippen LogP contribution is -2.36. The Morgan fingerprint density at radius 3 is 2.72 bits per heavy atom. The lowest BCUT2D eigenvalue weighted by atomic mass is 10.3. The van der Waals surface area contributed by atoms with Crippen LogP contribution in [0.3, 0.4) is 0 Å². The molecular formula is C16H16N4O3S2. The van der Waals surface area contributed by atoms with Crippen molar-refractivity contribution >= 4 is 51.9 Å². The molecule has 7 nitrogen and oxygen atoms in total. The van der Waals surface area contributed by atoms with Crippen LogP contribution in [0.4, 0.5) is 10.5 Å². The van der Waals surface area contributed by atoms with Crippen molar-refractivity contribution in [1.29, 1.82) is 0 Å². The fraction of sp³-hybridized carbons (Fsp3) is 0.250. The molecule has 0 saturated carbocycles. The van der Waals surface area contributed by atoms with Crippen LogP contribution in [0.1, 0.15) is 16.3 Å². The molecule has 0 radical (unpaired) electrons. The molecule has 0 spiro atoms. The Hall–Kier alpha value is -2.39. The van der Waals surface area contributed by atoms with Crippen LogP contribution in [0.25, 0.3) is 6.08 Å². The summed E-state index contributed by atoms with van der Waals surface area (Å²) in [7, 11) is 1.78. The molecule has 1 aliphatic rings. The number of carbonyl (C=O) groups is 3. The third kappa shape index (κ3) is 3.52. The number of thioether (sulfide) groups is 1. The summed E-state index contributed by atoms with van der Waals surface area (Å²) in [6, 6.07) is 3.73. The molecule has 0 aliphatic carbocycles. The van der Waals surface area contributed by atoms with Crippen molar-refractivity contribution in [3.63, 3.8) is 0 Å². The van der Waals surface area contributed by atoms with E-state index in [4.69, 9.17) is 0 Å². The second kappa shape index (κ2) is 6.85. The fourth-order valence-electron chi connectivity index (χ4n) is 2.42. The van der Waals surface area contributed by atoms with Gasteiger partial charge in [0.15, 0.2) is 0 Å². The zero-order chi connectivity index (χ0) is 18.1. The molecule has 1 aliphatic heterocycles. The number of imide groups is 1. The molecule has 3 heterocycles. The maximum atomic E-state index is 12.4. The van der Waals surface area contributed by atoms with Gasteiger partial charge in [-0.25, -0.2) is 0 Å². The van der Waals surface area contributed by atoms with Gasteiger partial charge in [-0.05, 0) is 43.1 Å². The second-order valence-corrected chi connectivity index (χ2v) is 7.47. The molecule has 0 atom stereocenters. The van der Waals surface area contributed by atoms with Gasteiger partial charge in [-0.15, -0.1) is 11.3 Å². The smallest absolute Gasteiger partial charge is 0.294 e. The summed E-state index contributed by atoms with van der Waals surface area (Å²) in [5.41, 5.74) is 2.09. The van der Waals surface area contributed by atoms with Gasteiger partial charge in [0, 0.05) is 11.9 Å². The van der Waals surface area contributed by atoms with E-state index in [9.17, 15) is 14.4 Å². The van der Waals surface area contributed by atoms with Crippen molar-refractivity contribution in [2.24, 2.45) is 7.05 Å². The molecule has 3 rings (SSSR count). The molecule has 0 aromatic carbocycles. The standard InChI is InChI=1S/C16H16N4O3S2/c1-9-14(10(2)19(3)18-9)17-13(21)8-20-15(22)12(25-16(20)23)7-11-5-4-6-24-11/h4-7H,8H2,1-3H3,(H,17,21). The van der Waals surface area contributed by atoms with Crippen LogP contribution in [0.5, 0.6) is 0 Å². The SMILES string of the molecule is Cc1nn(C)c(C)c1NC(=O)CN1C(=O)SC(=Cc2cccs2)C1=O. The Morgan fingerprint density at radius 1 is 1.36 bits per heavy atom. The molecule has 1 N–H and O–H groups in total. The maximum absolute atomic E-state index is 12.4. The molecular weight excluding hydrogens is 360 g/mol. The van der Waals surface area contributed by atoms with Gasteiger partial charge in [-0.3, -0.25) is 24.0 Å². The predicted molar refractivity (Wildman–Crippen MR) is 98.3 cm³/mol. The summed E-state index contributed by atoms with van der Waals surface area (Å²) in [6.07, 6.45) is 1.67. The lowest BCUT2D eigenvalue weighted by molar-refractivity contribution is -0.127. The third-order valence-corrected chi connectivity index (χ3v) is 5.49. The van der Waals surface area contributed by atoms with E-state index in [0.29, 0.717) is 16.3 Å². The zero-order valence-corrected chi connectivity index (χ0v) is 15.5. The first kappa shape index (κ1) is 17.4. The summed E-state index contributed by atoms with van der Waals surface area (Å²) >= 11 is 2.32. The van der Waals surface area contributed by atoms with E-state index in [-0.39, 0.29) is 6.54 Å². The summed E-state index contributed by atoms with van der Waals surface area (Å²) in [5, 5.41) is 8.40. The minimum atomic E-state index is -0.446. The fourth-order valence-corrected chi connectivity index (χ4v) is 3.98. The predicted octanol–water partition coefficient (Wildman–Crippen LogP) is 2.77. The molecule has 2 aromatic heterocycles. The van der Waals surface area contributed by atoms with Crippen molar-refractivity contribution < 1.29 is 14.4 Å². The molecule has 0 bridgehead atoms. The topological polar surface area (TPSA) is 84.3 Å². The Bertz CT molecular complexity index is 884. The first-order valence-corrected chi connectivity index (χ1v) is 9.15. The summed E-state index contributed by atoms with van der Waals surface area (Å²) < 4.78 is 1.66. The molecule has 2 aromatic rings. The average Bonchev–Trinajstić information content (AvgIpc) is 3.21. The van der Waals surface area contributed by atoms with Crippen LogP contribution < -0.4 is 5.32 Å². The van der Waals surface area contributed by atoms with Gasteiger partial charge < -0.3 is 5.32 Å². The van der Waals surface area contributed by atoms with Crippen LogP contribution in [0.2, 0.25) is 0 Å². The van der Waals surface area contributed by atoms with E-state index in [1.807, 2.05) is 24.4 Å². The van der Waals surface area contributed by atoms with Crippen LogP contribution in [-0.2, 0) is 16.6 Å². The highest BCUT2D eigenvalue weighted by Gasteiger charge is 2.36. The van der Waals surface area contributed by atoms with E-state index in [2.05, 4.69) is 10.4 Å². The van der Waals surface area contributed by atoms with Gasteiger partial charge >= 0.3 is 0 Å². The van der Waals surface area contributed by atoms with Crippen molar-refractivity contribution in [2.45, 2.75) is 13.8 Å². The second-order valence-electron chi connectivity index (χ2n) is 5.50. The van der Waals surface area contributed by atoms with Crippen LogP contribution >= 0.6 is 23.1 Å². The van der Waals surface area contributed by atoms with Crippen molar-refractivity contribution in [3.8, 4) is 0 Å². The van der Waals surface area contributed by atoms with Gasteiger partial charge in [-0.1, -0.05) is 6.07 Å². The molecule has 0 unspecified atom stereocenters. The number of aryl methyl sites for hydroxylation is 2. The van der Waals surface area contributed by atoms with Crippen LogP contribution in [-0.4, -0.2) is 38.3 Å². The number of thiophene rings is 1. The number of nitrogens with one attached hydrogen (secondary N) is 1. The molecule has 1 fully saturated rings. The molecule has 1 saturated heterocycles. The number of rotatable bonds is 4. The lowest BCUT2D eigenvalue weighted by Gasteiger charge is -2.12. The average molecular weight is 376 g/mol. The van der Waals surface area contributed by atoms with E-state index in [1.165, 1.54) is 11.3 Å². The summed E-state index contributed by atoms with van der Waals surface area (Å²) in [6.45, 7) is 3.30. The Morgan fingerprint density at radius 2 is 2.12 bits per heavy atom. The molecule has 9 heteroatoms. The van der Waals surface area contributed by atoms with E-state index in [0.717, 1.165) is 27.2 Å². The minimum absolute atomic E-state index is 0.319. The zero-order valence-electron chi connectivity index (χ0n) is 13.9. The van der Waals surface area contributed by atoms with Crippen molar-refractivity contribution in [1.82, 2.24) is 14.7 Å². The number of anilines is 1. The Kier molecular flexibility index (Phi) is 4.78. The summed E-state index contributed by atoms with van der Waals surface area (Å²) in [5.74, 6) is -0.878. The first-order valence-electron chi connectivity index (χ1n) is 7.45. The van der Waals surface area contributed by atoms with Crippen LogP contribution in [0, 0.1) is 13.8 Å². The van der Waals surface area contributed by atoms with Gasteiger partial charge in [0.2, 0.25) is 5.91 Å². The maximum Gasteiger partial charge on any atom is 0.294 e. The normalized spacial score (nSPS) is 16.1. The number of nitrogens with zero attached hydrogens (tertiary/aromatic N) is 3. The molecule has 3 amide bonds. The van der Waals surface area contributed by atoms with Crippen LogP contribution in [0.15, 0.2) is 22.4 Å². The van der Waals surface area contributed by atoms with Crippen molar-refractivity contribution in [2.75, 3.05) is 11.9 Å². The molecule has 25 heavy (non-hydrogen) atoms. The van der Waals surface area contributed by atoms with E-state index < -0.39 is 17.1 Å². The highest BCUT2D eigenvalue weighted by molar-refractivity contribution is 8.18. The number of aromatic nitrogens is 2. The van der Waals surface area contributed by atoms with Gasteiger partial charge in [0.05, 0.1) is 22.0 Å². The number of hydrogen-bond acceptors (Lipinski definition) is 6. The number of carbonyl (C=O) groups excluding carboxylic acids is 3. The van der Waals surface area contributed by atoms with E-state index in [1.54, 1.807) is 24.7 Å². The van der Waals surface area contributed by atoms with Crippen molar-refractivity contribution in [3.05, 3.63) is 38.7 Å². The Labute approximate surface area is 152 Å². The third-order valence-electron chi connectivity index (χ3n) is 3.77. The Balaban J connectivity index is 1.71. The van der Waals surface area contributed by atoms with E-state index >= 15 is 0 Å². The highest BCUT2D eigenvalue weighted by atomic mass is 32.2. The number of amides is 3. The van der Waals surface area contributed by atoms with Gasteiger partial charge in [0.1, 0.15) is 6.54 Å². The van der Waals surface area contributed by atoms with Gasteiger partial charge in [-0.2, -0.15) is 5.10 Å². The minimum Gasteiger partial charge on any atom is -0.321 e.